The van der Waals surface area contributed by atoms with E-state index >= 15 is 0 Å². The molecular weight excluding hydrogens is 274 g/mol. The highest BCUT2D eigenvalue weighted by atomic mass is 16.4. The van der Waals surface area contributed by atoms with E-state index in [2.05, 4.69) is 10.4 Å². The molecule has 0 saturated carbocycles. The van der Waals surface area contributed by atoms with E-state index in [0.717, 1.165) is 18.6 Å². The number of aromatic nitrogens is 2. The van der Waals surface area contributed by atoms with Crippen molar-refractivity contribution in [2.24, 2.45) is 0 Å². The fourth-order valence-electron chi connectivity index (χ4n) is 1.91. The van der Waals surface area contributed by atoms with Gasteiger partial charge in [-0.05, 0) is 25.5 Å². The summed E-state index contributed by atoms with van der Waals surface area (Å²) in [4.78, 5) is 22.5. The van der Waals surface area contributed by atoms with Crippen molar-refractivity contribution < 1.29 is 19.1 Å². The minimum absolute atomic E-state index is 0.00162. The van der Waals surface area contributed by atoms with E-state index < -0.39 is 5.97 Å². The van der Waals surface area contributed by atoms with Crippen LogP contribution in [0.1, 0.15) is 29.5 Å². The van der Waals surface area contributed by atoms with E-state index in [9.17, 15) is 9.59 Å². The van der Waals surface area contributed by atoms with Gasteiger partial charge in [-0.2, -0.15) is 5.10 Å². The lowest BCUT2D eigenvalue weighted by atomic mass is 10.1. The monoisotopic (exact) mass is 291 g/mol. The second-order valence-electron chi connectivity index (χ2n) is 4.82. The number of carboxylic acid groups (broad SMARTS) is 1. The smallest absolute Gasteiger partial charge is 0.338 e. The number of nitrogens with zero attached hydrogens (tertiary/aromatic N) is 2. The number of hydrogen-bond donors (Lipinski definition) is 2. The number of carbonyl (C=O) groups excluding carboxylic acids is 1. The van der Waals surface area contributed by atoms with Crippen molar-refractivity contribution in [2.75, 3.05) is 0 Å². The molecule has 0 spiro atoms. The van der Waals surface area contributed by atoms with Gasteiger partial charge in [0.05, 0.1) is 18.0 Å². The van der Waals surface area contributed by atoms with Gasteiger partial charge in [0.25, 0.3) is 0 Å². The molecule has 7 nitrogen and oxygen atoms in total. The largest absolute Gasteiger partial charge is 0.478 e. The summed E-state index contributed by atoms with van der Waals surface area (Å²) < 4.78 is 6.53. The summed E-state index contributed by atoms with van der Waals surface area (Å²) in [5.41, 5.74) is 0.0636. The molecule has 0 aromatic carbocycles. The van der Waals surface area contributed by atoms with Gasteiger partial charge in [0.1, 0.15) is 12.3 Å². The molecule has 2 N–H and O–H groups in total. The molecule has 7 heteroatoms. The number of aromatic carboxylic acids is 1. The van der Waals surface area contributed by atoms with Crippen molar-refractivity contribution >= 4 is 11.9 Å². The van der Waals surface area contributed by atoms with Gasteiger partial charge in [0, 0.05) is 18.7 Å². The number of furan rings is 1. The second-order valence-corrected chi connectivity index (χ2v) is 4.82. The Balaban J connectivity index is 1.76. The summed E-state index contributed by atoms with van der Waals surface area (Å²) in [7, 11) is 0. The third kappa shape index (κ3) is 4.48. The molecule has 2 rings (SSSR count). The summed E-state index contributed by atoms with van der Waals surface area (Å²) in [5.74, 6) is -0.385. The van der Waals surface area contributed by atoms with Crippen LogP contribution in [0.25, 0.3) is 0 Å². The summed E-state index contributed by atoms with van der Waals surface area (Å²) >= 11 is 0. The molecule has 0 bridgehead atoms. The predicted octanol–water partition coefficient (Wildman–Crippen LogP) is 1.31. The molecule has 1 amide bonds. The molecule has 0 saturated heterocycles. The normalized spacial score (nSPS) is 12.0. The fraction of sp³-hybridized carbons (Fsp3) is 0.357. The first-order valence-corrected chi connectivity index (χ1v) is 6.62. The number of aryl methyl sites for hydroxylation is 1. The Bertz CT molecular complexity index is 604. The van der Waals surface area contributed by atoms with Gasteiger partial charge >= 0.3 is 5.97 Å². The Kier molecular flexibility index (Phi) is 4.76. The number of nitrogens with one attached hydrogen (secondary N) is 1. The van der Waals surface area contributed by atoms with Gasteiger partial charge in [0.2, 0.25) is 5.91 Å². The number of rotatable bonds is 7. The average Bonchev–Trinajstić information content (AvgIpc) is 3.06. The molecule has 2 heterocycles. The maximum Gasteiger partial charge on any atom is 0.338 e. The Hall–Kier alpha value is -2.57. The van der Waals surface area contributed by atoms with Crippen LogP contribution in [0.4, 0.5) is 0 Å². The summed E-state index contributed by atoms with van der Waals surface area (Å²) in [6, 6.07) is 3.72. The van der Waals surface area contributed by atoms with Crippen molar-refractivity contribution in [2.45, 2.75) is 32.4 Å². The zero-order chi connectivity index (χ0) is 15.2. The van der Waals surface area contributed by atoms with Crippen LogP contribution in [0, 0.1) is 0 Å². The minimum Gasteiger partial charge on any atom is -0.478 e. The van der Waals surface area contributed by atoms with Crippen LogP contribution in [0.15, 0.2) is 35.2 Å². The van der Waals surface area contributed by atoms with E-state index in [0.29, 0.717) is 0 Å². The van der Waals surface area contributed by atoms with Crippen molar-refractivity contribution in [3.05, 3.63) is 42.1 Å². The number of carbonyl (C=O) groups is 2. The molecule has 2 aromatic rings. The summed E-state index contributed by atoms with van der Waals surface area (Å²) in [6.45, 7) is 1.91. The Morgan fingerprint density at radius 2 is 2.33 bits per heavy atom. The first-order chi connectivity index (χ1) is 10.0. The first-order valence-electron chi connectivity index (χ1n) is 6.62. The van der Waals surface area contributed by atoms with Crippen LogP contribution in [-0.2, 0) is 17.8 Å². The molecule has 0 aliphatic heterocycles. The SMILES string of the molecule is C[C@H](CCc1ccco1)NC(=O)Cn1cc(C(=O)O)cn1. The van der Waals surface area contributed by atoms with E-state index in [1.165, 1.54) is 17.1 Å². The van der Waals surface area contributed by atoms with Crippen molar-refractivity contribution in [1.29, 1.82) is 0 Å². The molecule has 112 valence electrons. The standard InChI is InChI=1S/C14H17N3O4/c1-10(4-5-12-3-2-6-21-12)16-13(18)9-17-8-11(7-15-17)14(19)20/h2-3,6-8,10H,4-5,9H2,1H3,(H,16,18)(H,19,20)/t10-/m1/s1. The fourth-order valence-corrected chi connectivity index (χ4v) is 1.91. The number of amides is 1. The third-order valence-corrected chi connectivity index (χ3v) is 3.00. The Morgan fingerprint density at radius 3 is 2.95 bits per heavy atom. The van der Waals surface area contributed by atoms with E-state index in [4.69, 9.17) is 9.52 Å². The van der Waals surface area contributed by atoms with Crippen molar-refractivity contribution in [1.82, 2.24) is 15.1 Å². The Labute approximate surface area is 121 Å². The van der Waals surface area contributed by atoms with Crippen LogP contribution in [-0.4, -0.2) is 32.8 Å². The summed E-state index contributed by atoms with van der Waals surface area (Å²) in [6.07, 6.45) is 5.68. The molecule has 0 radical (unpaired) electrons. The zero-order valence-corrected chi connectivity index (χ0v) is 11.7. The minimum atomic E-state index is -1.06. The quantitative estimate of drug-likeness (QED) is 0.801. The zero-order valence-electron chi connectivity index (χ0n) is 11.7. The maximum absolute atomic E-state index is 11.8. The molecule has 21 heavy (non-hydrogen) atoms. The number of hydrogen-bond acceptors (Lipinski definition) is 4. The first kappa shape index (κ1) is 14.8. The topological polar surface area (TPSA) is 97.4 Å². The van der Waals surface area contributed by atoms with Gasteiger partial charge in [-0.25, -0.2) is 4.79 Å². The van der Waals surface area contributed by atoms with E-state index in [1.807, 2.05) is 19.1 Å². The van der Waals surface area contributed by atoms with Gasteiger partial charge in [0.15, 0.2) is 0 Å². The van der Waals surface area contributed by atoms with Gasteiger partial charge in [-0.15, -0.1) is 0 Å². The van der Waals surface area contributed by atoms with Gasteiger partial charge in [-0.1, -0.05) is 0 Å². The highest BCUT2D eigenvalue weighted by Crippen LogP contribution is 2.05. The van der Waals surface area contributed by atoms with Crippen LogP contribution < -0.4 is 5.32 Å². The van der Waals surface area contributed by atoms with Crippen molar-refractivity contribution in [3.8, 4) is 0 Å². The molecule has 0 fully saturated rings. The van der Waals surface area contributed by atoms with E-state index in [1.54, 1.807) is 6.26 Å². The molecule has 1 atom stereocenters. The van der Waals surface area contributed by atoms with Gasteiger partial charge in [-0.3, -0.25) is 9.48 Å². The molecule has 0 aliphatic rings. The van der Waals surface area contributed by atoms with Crippen LogP contribution >= 0.6 is 0 Å². The lowest BCUT2D eigenvalue weighted by Crippen LogP contribution is -2.35. The molecule has 0 aliphatic carbocycles. The lowest BCUT2D eigenvalue weighted by Gasteiger charge is -2.13. The molecule has 2 aromatic heterocycles. The highest BCUT2D eigenvalue weighted by molar-refractivity contribution is 5.87. The highest BCUT2D eigenvalue weighted by Gasteiger charge is 2.11. The van der Waals surface area contributed by atoms with Gasteiger partial charge < -0.3 is 14.8 Å². The number of carboxylic acids is 1. The van der Waals surface area contributed by atoms with Crippen LogP contribution in [0.2, 0.25) is 0 Å². The maximum atomic E-state index is 11.8. The second kappa shape index (κ2) is 6.74. The van der Waals surface area contributed by atoms with E-state index in [-0.39, 0.29) is 24.1 Å². The summed E-state index contributed by atoms with van der Waals surface area (Å²) in [5, 5.41) is 15.4. The average molecular weight is 291 g/mol. The Morgan fingerprint density at radius 1 is 1.52 bits per heavy atom. The molecule has 0 unspecified atom stereocenters. The van der Waals surface area contributed by atoms with Crippen LogP contribution in [0.3, 0.4) is 0 Å². The lowest BCUT2D eigenvalue weighted by molar-refractivity contribution is -0.122. The van der Waals surface area contributed by atoms with Crippen molar-refractivity contribution in [3.63, 3.8) is 0 Å². The third-order valence-electron chi connectivity index (χ3n) is 3.00. The van der Waals surface area contributed by atoms with Crippen LogP contribution in [0.5, 0.6) is 0 Å². The molecular formula is C14H17N3O4. The predicted molar refractivity (Wildman–Crippen MR) is 73.8 cm³/mol.